The number of carbonyl (C=O) groups excluding carboxylic acids is 3. The van der Waals surface area contributed by atoms with E-state index in [4.69, 9.17) is 5.73 Å². The number of hydrogen-bond donors (Lipinski definition) is 1. The monoisotopic (exact) mass is 219 g/mol. The van der Waals surface area contributed by atoms with Gasteiger partial charge in [0, 0.05) is 20.8 Å². The topological polar surface area (TPSA) is 105 Å². The van der Waals surface area contributed by atoms with Crippen molar-refractivity contribution in [2.75, 3.05) is 6.54 Å². The summed E-state index contributed by atoms with van der Waals surface area (Å²) in [6.45, 7) is 2.72. The summed E-state index contributed by atoms with van der Waals surface area (Å²) in [6.07, 6.45) is 0. The highest BCUT2D eigenvalue weighted by atomic mass is 16.9. The Morgan fingerprint density at radius 1 is 0.933 bits per heavy atom. The zero-order valence-corrected chi connectivity index (χ0v) is 8.73. The molecule has 0 aromatic carbocycles. The third kappa shape index (κ3) is 4.96. The van der Waals surface area contributed by atoms with E-state index < -0.39 is 30.4 Å². The van der Waals surface area contributed by atoms with Crippen molar-refractivity contribution in [3.05, 3.63) is 0 Å². The minimum Gasteiger partial charge on any atom is -0.387 e. The van der Waals surface area contributed by atoms with Crippen molar-refractivity contribution in [1.82, 2.24) is 0 Å². The summed E-state index contributed by atoms with van der Waals surface area (Å²) in [6, 6.07) is 0. The van der Waals surface area contributed by atoms with E-state index in [9.17, 15) is 14.4 Å². The highest BCUT2D eigenvalue weighted by molar-refractivity contribution is 5.70. The average Bonchev–Trinajstić information content (AvgIpc) is 1.99. The number of ether oxygens (including phenoxy) is 3. The molecule has 0 unspecified atom stereocenters. The van der Waals surface area contributed by atoms with Crippen molar-refractivity contribution in [2.24, 2.45) is 5.73 Å². The molecule has 7 nitrogen and oxygen atoms in total. The first kappa shape index (κ1) is 13.4. The highest BCUT2D eigenvalue weighted by Crippen LogP contribution is 2.15. The van der Waals surface area contributed by atoms with E-state index in [1.54, 1.807) is 0 Å². The maximum Gasteiger partial charge on any atom is 0.436 e. The standard InChI is InChI=1S/C8H13NO6/c1-5(10)13-8(4-9,14-6(2)11)15-7(3)12/h4,9H2,1-3H3. The fourth-order valence-corrected chi connectivity index (χ4v) is 0.844. The predicted octanol–water partition coefficient (Wildman–Crippen LogP) is -0.712. The highest BCUT2D eigenvalue weighted by Gasteiger charge is 2.40. The Morgan fingerprint density at radius 3 is 1.33 bits per heavy atom. The van der Waals surface area contributed by atoms with Crippen LogP contribution in [0, 0.1) is 0 Å². The quantitative estimate of drug-likeness (QED) is 0.491. The Morgan fingerprint density at radius 2 is 1.20 bits per heavy atom. The molecule has 0 fully saturated rings. The molecule has 7 heteroatoms. The number of carbonyl (C=O) groups is 3. The van der Waals surface area contributed by atoms with Crippen LogP contribution < -0.4 is 5.73 Å². The van der Waals surface area contributed by atoms with E-state index in [2.05, 4.69) is 14.2 Å². The van der Waals surface area contributed by atoms with Gasteiger partial charge in [0.15, 0.2) is 0 Å². The largest absolute Gasteiger partial charge is 0.436 e. The molecule has 0 aliphatic rings. The summed E-state index contributed by atoms with van der Waals surface area (Å²) < 4.78 is 13.7. The van der Waals surface area contributed by atoms with Gasteiger partial charge in [-0.3, -0.25) is 14.4 Å². The van der Waals surface area contributed by atoms with Gasteiger partial charge in [-0.15, -0.1) is 0 Å². The first-order valence-electron chi connectivity index (χ1n) is 4.10. The van der Waals surface area contributed by atoms with Crippen molar-refractivity contribution in [2.45, 2.75) is 26.7 Å². The Bertz CT molecular complexity index is 234. The van der Waals surface area contributed by atoms with Gasteiger partial charge in [-0.25, -0.2) is 0 Å². The molecule has 86 valence electrons. The lowest BCUT2D eigenvalue weighted by molar-refractivity contribution is -0.321. The summed E-state index contributed by atoms with van der Waals surface area (Å²) >= 11 is 0. The van der Waals surface area contributed by atoms with Crippen LogP contribution in [0.15, 0.2) is 0 Å². The molecule has 15 heavy (non-hydrogen) atoms. The molecule has 0 bridgehead atoms. The van der Waals surface area contributed by atoms with E-state index in [0.29, 0.717) is 0 Å². The molecule has 0 aromatic rings. The Balaban J connectivity index is 4.81. The Kier molecular flexibility index (Phi) is 4.72. The van der Waals surface area contributed by atoms with E-state index in [0.717, 1.165) is 20.8 Å². The number of esters is 3. The maximum absolute atomic E-state index is 10.7. The van der Waals surface area contributed by atoms with E-state index >= 15 is 0 Å². The number of nitrogens with two attached hydrogens (primary N) is 1. The first-order chi connectivity index (χ1) is 6.81. The van der Waals surface area contributed by atoms with Gasteiger partial charge in [0.05, 0.1) is 0 Å². The molecule has 0 atom stereocenters. The third-order valence-corrected chi connectivity index (χ3v) is 1.15. The lowest BCUT2D eigenvalue weighted by Gasteiger charge is -2.28. The van der Waals surface area contributed by atoms with Crippen LogP contribution in [0.4, 0.5) is 0 Å². The second kappa shape index (κ2) is 5.30. The second-order valence-electron chi connectivity index (χ2n) is 2.67. The van der Waals surface area contributed by atoms with Gasteiger partial charge < -0.3 is 19.9 Å². The van der Waals surface area contributed by atoms with Crippen LogP contribution in [0.3, 0.4) is 0 Å². The molecule has 0 aromatic heterocycles. The average molecular weight is 219 g/mol. The number of hydrogen-bond acceptors (Lipinski definition) is 7. The molecule has 0 amide bonds. The molecule has 0 aliphatic carbocycles. The van der Waals surface area contributed by atoms with Gasteiger partial charge in [-0.2, -0.15) is 0 Å². The molecule has 0 aliphatic heterocycles. The summed E-state index contributed by atoms with van der Waals surface area (Å²) in [5, 5.41) is 0. The van der Waals surface area contributed by atoms with Crippen LogP contribution in [0.25, 0.3) is 0 Å². The van der Waals surface area contributed by atoms with Crippen molar-refractivity contribution in [3.8, 4) is 0 Å². The second-order valence-corrected chi connectivity index (χ2v) is 2.67. The maximum atomic E-state index is 10.7. The zero-order valence-electron chi connectivity index (χ0n) is 8.73. The van der Waals surface area contributed by atoms with Crippen LogP contribution in [0.1, 0.15) is 20.8 Å². The lowest BCUT2D eigenvalue weighted by atomic mass is 10.5. The number of rotatable bonds is 4. The Labute approximate surface area is 86.5 Å². The minimum atomic E-state index is -2.16. The zero-order chi connectivity index (χ0) is 12.1. The van der Waals surface area contributed by atoms with Crippen LogP contribution in [0.2, 0.25) is 0 Å². The SMILES string of the molecule is CC(=O)OC(CN)(OC(C)=O)OC(C)=O. The minimum absolute atomic E-state index is 0.480. The van der Waals surface area contributed by atoms with Gasteiger partial charge in [0.25, 0.3) is 0 Å². The Hall–Kier alpha value is -1.63. The van der Waals surface area contributed by atoms with Crippen molar-refractivity contribution < 1.29 is 28.6 Å². The molecular weight excluding hydrogens is 206 g/mol. The lowest BCUT2D eigenvalue weighted by Crippen LogP contribution is -2.49. The smallest absolute Gasteiger partial charge is 0.387 e. The van der Waals surface area contributed by atoms with Crippen LogP contribution in [-0.4, -0.2) is 30.4 Å². The summed E-state index contributed by atoms with van der Waals surface area (Å²) in [4.78, 5) is 32.2. The molecule has 0 saturated carbocycles. The van der Waals surface area contributed by atoms with Gasteiger partial charge in [-0.05, 0) is 0 Å². The van der Waals surface area contributed by atoms with Crippen molar-refractivity contribution in [1.29, 1.82) is 0 Å². The van der Waals surface area contributed by atoms with E-state index in [-0.39, 0.29) is 0 Å². The van der Waals surface area contributed by atoms with Gasteiger partial charge >= 0.3 is 23.9 Å². The first-order valence-corrected chi connectivity index (χ1v) is 4.10. The van der Waals surface area contributed by atoms with Crippen molar-refractivity contribution in [3.63, 3.8) is 0 Å². The van der Waals surface area contributed by atoms with Crippen LogP contribution in [0.5, 0.6) is 0 Å². The fourth-order valence-electron chi connectivity index (χ4n) is 0.844. The van der Waals surface area contributed by atoms with E-state index in [1.807, 2.05) is 0 Å². The van der Waals surface area contributed by atoms with Crippen LogP contribution >= 0.6 is 0 Å². The van der Waals surface area contributed by atoms with E-state index in [1.165, 1.54) is 0 Å². The summed E-state index contributed by atoms with van der Waals surface area (Å²) in [5.74, 6) is -4.53. The molecule has 0 heterocycles. The van der Waals surface area contributed by atoms with Gasteiger partial charge in [0.2, 0.25) is 0 Å². The summed E-state index contributed by atoms with van der Waals surface area (Å²) in [5.41, 5.74) is 5.22. The van der Waals surface area contributed by atoms with Crippen LogP contribution in [-0.2, 0) is 28.6 Å². The third-order valence-electron chi connectivity index (χ3n) is 1.15. The summed E-state index contributed by atoms with van der Waals surface area (Å²) in [7, 11) is 0. The fraction of sp³-hybridized carbons (Fsp3) is 0.625. The van der Waals surface area contributed by atoms with Gasteiger partial charge in [0.1, 0.15) is 6.54 Å². The van der Waals surface area contributed by atoms with Gasteiger partial charge in [-0.1, -0.05) is 0 Å². The molecular formula is C8H13NO6. The molecule has 0 radical (unpaired) electrons. The normalized spacial score (nSPS) is 10.4. The molecule has 0 rings (SSSR count). The molecule has 0 saturated heterocycles. The van der Waals surface area contributed by atoms with Crippen molar-refractivity contribution >= 4 is 17.9 Å². The molecule has 2 N–H and O–H groups in total. The predicted molar refractivity (Wildman–Crippen MR) is 47.1 cm³/mol. The molecule has 0 spiro atoms.